The van der Waals surface area contributed by atoms with Crippen molar-refractivity contribution in [2.45, 2.75) is 13.1 Å². The van der Waals surface area contributed by atoms with Gasteiger partial charge in [0, 0.05) is 4.47 Å². The molecule has 2 nitrogen and oxygen atoms in total. The Morgan fingerprint density at radius 1 is 1.38 bits per heavy atom. The molecule has 0 aliphatic rings. The van der Waals surface area contributed by atoms with E-state index in [9.17, 15) is 18.0 Å². The van der Waals surface area contributed by atoms with E-state index in [1.807, 2.05) is 0 Å². The van der Waals surface area contributed by atoms with E-state index in [0.29, 0.717) is 5.56 Å². The number of ether oxygens (including phenoxy) is 1. The predicted octanol–water partition coefficient (Wildman–Crippen LogP) is 3.56. The Labute approximate surface area is 98.5 Å². The first-order valence-electron chi connectivity index (χ1n) is 4.23. The second-order valence-corrected chi connectivity index (χ2v) is 3.97. The number of hydrogen-bond acceptors (Lipinski definition) is 2. The van der Waals surface area contributed by atoms with Crippen molar-refractivity contribution in [1.29, 1.82) is 0 Å². The highest BCUT2D eigenvalue weighted by Crippen LogP contribution is 2.34. The maximum Gasteiger partial charge on any atom is 0.416 e. The largest absolute Gasteiger partial charge is 0.465 e. The molecule has 1 aromatic rings. The summed E-state index contributed by atoms with van der Waals surface area (Å²) in [4.78, 5) is 11.3. The lowest BCUT2D eigenvalue weighted by molar-refractivity contribution is -0.137. The van der Waals surface area contributed by atoms with Crippen LogP contribution < -0.4 is 0 Å². The molecule has 0 aromatic heterocycles. The van der Waals surface area contributed by atoms with Crippen molar-refractivity contribution < 1.29 is 22.7 Å². The molecule has 16 heavy (non-hydrogen) atoms. The minimum Gasteiger partial charge on any atom is -0.465 e. The number of carbonyl (C=O) groups is 1. The van der Waals surface area contributed by atoms with Crippen LogP contribution in [-0.2, 0) is 10.9 Å². The Morgan fingerprint density at radius 3 is 2.38 bits per heavy atom. The van der Waals surface area contributed by atoms with Gasteiger partial charge in [-0.05, 0) is 24.6 Å². The van der Waals surface area contributed by atoms with Crippen LogP contribution in [0.4, 0.5) is 13.2 Å². The summed E-state index contributed by atoms with van der Waals surface area (Å²) in [6.07, 6.45) is -4.49. The number of hydrogen-bond donors (Lipinski definition) is 0. The second-order valence-electron chi connectivity index (χ2n) is 3.12. The van der Waals surface area contributed by atoms with Gasteiger partial charge in [0.25, 0.3) is 0 Å². The third-order valence-electron chi connectivity index (χ3n) is 2.08. The molecular formula is C10H8BrF3O2. The number of esters is 1. The minimum absolute atomic E-state index is 0.0933. The first kappa shape index (κ1) is 13.0. The van der Waals surface area contributed by atoms with Crippen LogP contribution in [0.25, 0.3) is 0 Å². The van der Waals surface area contributed by atoms with Crippen LogP contribution in [0.2, 0.25) is 0 Å². The summed E-state index contributed by atoms with van der Waals surface area (Å²) < 4.78 is 42.1. The molecule has 0 N–H and O–H groups in total. The van der Waals surface area contributed by atoms with Crippen molar-refractivity contribution in [3.63, 3.8) is 0 Å². The van der Waals surface area contributed by atoms with Crippen LogP contribution in [0.3, 0.4) is 0 Å². The molecule has 0 aliphatic carbocycles. The van der Waals surface area contributed by atoms with E-state index in [1.165, 1.54) is 6.92 Å². The molecule has 0 saturated heterocycles. The zero-order valence-corrected chi connectivity index (χ0v) is 10.1. The fraction of sp³-hybridized carbons (Fsp3) is 0.300. The lowest BCUT2D eigenvalue weighted by Crippen LogP contribution is -2.10. The van der Waals surface area contributed by atoms with Gasteiger partial charge in [0.15, 0.2) is 0 Å². The van der Waals surface area contributed by atoms with E-state index in [4.69, 9.17) is 0 Å². The minimum atomic E-state index is -4.49. The Balaban J connectivity index is 3.39. The SMILES string of the molecule is COC(=O)c1cc(C(F)(F)F)cc(Br)c1C. The molecule has 6 heteroatoms. The van der Waals surface area contributed by atoms with Crippen LogP contribution >= 0.6 is 15.9 Å². The lowest BCUT2D eigenvalue weighted by atomic mass is 10.0. The van der Waals surface area contributed by atoms with Crippen molar-refractivity contribution in [2.24, 2.45) is 0 Å². The number of halogens is 4. The molecule has 0 fully saturated rings. The Kier molecular flexibility index (Phi) is 3.62. The maximum absolute atomic E-state index is 12.5. The zero-order valence-electron chi connectivity index (χ0n) is 8.48. The van der Waals surface area contributed by atoms with Gasteiger partial charge in [-0.1, -0.05) is 15.9 Å². The summed E-state index contributed by atoms with van der Waals surface area (Å²) in [5.74, 6) is -0.788. The fourth-order valence-electron chi connectivity index (χ4n) is 1.16. The second kappa shape index (κ2) is 4.45. The van der Waals surface area contributed by atoms with Gasteiger partial charge in [0.1, 0.15) is 0 Å². The molecule has 0 heterocycles. The van der Waals surface area contributed by atoms with Gasteiger partial charge in [-0.3, -0.25) is 0 Å². The van der Waals surface area contributed by atoms with Gasteiger partial charge in [-0.25, -0.2) is 4.79 Å². The molecule has 0 radical (unpaired) electrons. The summed E-state index contributed by atoms with van der Waals surface area (Å²) in [7, 11) is 1.12. The van der Waals surface area contributed by atoms with Crippen molar-refractivity contribution >= 4 is 21.9 Å². The molecule has 88 valence electrons. The number of alkyl halides is 3. The average molecular weight is 297 g/mol. The summed E-state index contributed by atoms with van der Waals surface area (Å²) >= 11 is 2.98. The van der Waals surface area contributed by atoms with Crippen molar-refractivity contribution in [1.82, 2.24) is 0 Å². The molecule has 0 aliphatic heterocycles. The average Bonchev–Trinajstić information content (AvgIpc) is 2.19. The van der Waals surface area contributed by atoms with Gasteiger partial charge in [0.2, 0.25) is 0 Å². The molecule has 1 aromatic carbocycles. The van der Waals surface area contributed by atoms with E-state index in [0.717, 1.165) is 19.2 Å². The fourth-order valence-corrected chi connectivity index (χ4v) is 1.62. The van der Waals surface area contributed by atoms with E-state index < -0.39 is 17.7 Å². The van der Waals surface area contributed by atoms with Crippen molar-refractivity contribution in [2.75, 3.05) is 7.11 Å². The molecule has 0 unspecified atom stereocenters. The number of carbonyl (C=O) groups excluding carboxylic acids is 1. The molecule has 0 amide bonds. The summed E-state index contributed by atoms with van der Waals surface area (Å²) in [5, 5.41) is 0. The van der Waals surface area contributed by atoms with Crippen LogP contribution in [0.15, 0.2) is 16.6 Å². The van der Waals surface area contributed by atoms with Crippen LogP contribution in [-0.4, -0.2) is 13.1 Å². The van der Waals surface area contributed by atoms with E-state index in [-0.39, 0.29) is 10.0 Å². The molecule has 0 spiro atoms. The van der Waals surface area contributed by atoms with E-state index >= 15 is 0 Å². The Bertz CT molecular complexity index is 427. The zero-order chi connectivity index (χ0) is 12.5. The van der Waals surface area contributed by atoms with Crippen LogP contribution in [0.5, 0.6) is 0 Å². The summed E-state index contributed by atoms with van der Waals surface area (Å²) in [5.41, 5.74) is -0.561. The molecule has 1 rings (SSSR count). The Hall–Kier alpha value is -1.04. The molecule has 0 atom stereocenters. The Morgan fingerprint density at radius 2 is 1.94 bits per heavy atom. The smallest absolute Gasteiger partial charge is 0.416 e. The standard InChI is InChI=1S/C10H8BrF3O2/c1-5-7(9(15)16-2)3-6(4-8(5)11)10(12,13)14/h3-4H,1-2H3. The highest BCUT2D eigenvalue weighted by atomic mass is 79.9. The molecule has 0 bridgehead atoms. The number of benzene rings is 1. The quantitative estimate of drug-likeness (QED) is 0.741. The van der Waals surface area contributed by atoms with E-state index in [1.54, 1.807) is 0 Å². The summed E-state index contributed by atoms with van der Waals surface area (Å²) in [6.45, 7) is 1.54. The number of methoxy groups -OCH3 is 1. The summed E-state index contributed by atoms with van der Waals surface area (Å²) in [6, 6.07) is 1.72. The number of rotatable bonds is 1. The first-order valence-corrected chi connectivity index (χ1v) is 5.02. The highest BCUT2D eigenvalue weighted by Gasteiger charge is 2.32. The van der Waals surface area contributed by atoms with Gasteiger partial charge in [-0.2, -0.15) is 13.2 Å². The normalized spacial score (nSPS) is 11.4. The maximum atomic E-state index is 12.5. The topological polar surface area (TPSA) is 26.3 Å². The van der Waals surface area contributed by atoms with Gasteiger partial charge < -0.3 is 4.74 Å². The van der Waals surface area contributed by atoms with Crippen molar-refractivity contribution in [3.05, 3.63) is 33.3 Å². The first-order chi connectivity index (χ1) is 7.27. The third-order valence-corrected chi connectivity index (χ3v) is 2.90. The van der Waals surface area contributed by atoms with E-state index in [2.05, 4.69) is 20.7 Å². The monoisotopic (exact) mass is 296 g/mol. The van der Waals surface area contributed by atoms with Crippen molar-refractivity contribution in [3.8, 4) is 0 Å². The van der Waals surface area contributed by atoms with Crippen LogP contribution in [0, 0.1) is 6.92 Å². The predicted molar refractivity (Wildman–Crippen MR) is 55.2 cm³/mol. The molecular weight excluding hydrogens is 289 g/mol. The highest BCUT2D eigenvalue weighted by molar-refractivity contribution is 9.10. The van der Waals surface area contributed by atoms with Gasteiger partial charge in [0.05, 0.1) is 18.2 Å². The van der Waals surface area contributed by atoms with Crippen LogP contribution in [0.1, 0.15) is 21.5 Å². The van der Waals surface area contributed by atoms with Gasteiger partial charge >= 0.3 is 12.1 Å². The third kappa shape index (κ3) is 2.55. The lowest BCUT2D eigenvalue weighted by Gasteiger charge is -2.11. The molecule has 0 saturated carbocycles. The van der Waals surface area contributed by atoms with Gasteiger partial charge in [-0.15, -0.1) is 0 Å².